The first kappa shape index (κ1) is 14.9. The van der Waals surface area contributed by atoms with Crippen molar-refractivity contribution in [2.24, 2.45) is 0 Å². The van der Waals surface area contributed by atoms with Crippen LogP contribution < -0.4 is 5.32 Å². The number of nitro groups is 1. The van der Waals surface area contributed by atoms with Crippen LogP contribution in [0.5, 0.6) is 0 Å². The van der Waals surface area contributed by atoms with Crippen LogP contribution in [0.25, 0.3) is 0 Å². The number of anilines is 1. The number of carbonyl (C=O) groups is 1. The van der Waals surface area contributed by atoms with Crippen LogP contribution in [0.4, 0.5) is 15.8 Å². The molecule has 0 saturated carbocycles. The molecule has 0 saturated heterocycles. The summed E-state index contributed by atoms with van der Waals surface area (Å²) in [5.74, 6) is -0.881. The lowest BCUT2D eigenvalue weighted by Gasteiger charge is -2.08. The lowest BCUT2D eigenvalue weighted by Crippen LogP contribution is -2.12. The number of hydrogen-bond acceptors (Lipinski definition) is 3. The molecule has 0 heterocycles. The van der Waals surface area contributed by atoms with Crippen molar-refractivity contribution in [2.45, 2.75) is 6.92 Å². The van der Waals surface area contributed by atoms with Gasteiger partial charge >= 0.3 is 0 Å². The first-order valence-corrected chi connectivity index (χ1v) is 6.27. The summed E-state index contributed by atoms with van der Waals surface area (Å²) in [6, 6.07) is 7.67. The monoisotopic (exact) mass is 308 g/mol. The van der Waals surface area contributed by atoms with Gasteiger partial charge in [0.15, 0.2) is 0 Å². The molecule has 0 bridgehead atoms. The zero-order valence-electron chi connectivity index (χ0n) is 10.9. The lowest BCUT2D eigenvalue weighted by atomic mass is 10.1. The highest BCUT2D eigenvalue weighted by atomic mass is 35.5. The van der Waals surface area contributed by atoms with Gasteiger partial charge in [-0.1, -0.05) is 11.6 Å². The van der Waals surface area contributed by atoms with E-state index in [1.807, 2.05) is 0 Å². The smallest absolute Gasteiger partial charge is 0.271 e. The van der Waals surface area contributed by atoms with Gasteiger partial charge in [-0.3, -0.25) is 14.9 Å². The standard InChI is InChI=1S/C14H10ClFN2O3/c1-8-6-9(2-4-12(8)16)14(19)17-13-5-3-10(18(20)21)7-11(13)15/h2-7H,1H3,(H,17,19). The number of hydrogen-bond donors (Lipinski definition) is 1. The summed E-state index contributed by atoms with van der Waals surface area (Å²) in [6.07, 6.45) is 0. The summed E-state index contributed by atoms with van der Waals surface area (Å²) in [5, 5.41) is 13.2. The fourth-order valence-corrected chi connectivity index (χ4v) is 1.92. The highest BCUT2D eigenvalue weighted by Gasteiger charge is 2.13. The minimum atomic E-state index is -0.583. The maximum Gasteiger partial charge on any atom is 0.271 e. The summed E-state index contributed by atoms with van der Waals surface area (Å²) < 4.78 is 13.2. The number of halogens is 2. The van der Waals surface area contributed by atoms with Gasteiger partial charge in [0.2, 0.25) is 0 Å². The number of benzene rings is 2. The van der Waals surface area contributed by atoms with Gasteiger partial charge in [0.05, 0.1) is 15.6 Å². The van der Waals surface area contributed by atoms with E-state index in [1.54, 1.807) is 6.92 Å². The highest BCUT2D eigenvalue weighted by Crippen LogP contribution is 2.27. The SMILES string of the molecule is Cc1cc(C(=O)Nc2ccc([N+](=O)[O-])cc2Cl)ccc1F. The Morgan fingerprint density at radius 1 is 1.29 bits per heavy atom. The van der Waals surface area contributed by atoms with Gasteiger partial charge in [-0.2, -0.15) is 0 Å². The third-order valence-electron chi connectivity index (χ3n) is 2.83. The van der Waals surface area contributed by atoms with Crippen LogP contribution in [0.3, 0.4) is 0 Å². The normalized spacial score (nSPS) is 10.2. The van der Waals surface area contributed by atoms with E-state index in [9.17, 15) is 19.3 Å². The molecule has 0 aliphatic rings. The van der Waals surface area contributed by atoms with Crippen molar-refractivity contribution >= 4 is 28.9 Å². The predicted octanol–water partition coefficient (Wildman–Crippen LogP) is 3.95. The van der Waals surface area contributed by atoms with Crippen LogP contribution >= 0.6 is 11.6 Å². The molecule has 0 unspecified atom stereocenters. The van der Waals surface area contributed by atoms with E-state index in [4.69, 9.17) is 11.6 Å². The van der Waals surface area contributed by atoms with Crippen molar-refractivity contribution in [3.63, 3.8) is 0 Å². The molecule has 0 radical (unpaired) electrons. The zero-order chi connectivity index (χ0) is 15.6. The Bertz CT molecular complexity index is 734. The van der Waals surface area contributed by atoms with Crippen LogP contribution in [0.2, 0.25) is 5.02 Å². The predicted molar refractivity (Wildman–Crippen MR) is 77.2 cm³/mol. The molecule has 108 valence electrons. The molecule has 0 atom stereocenters. The quantitative estimate of drug-likeness (QED) is 0.689. The molecule has 5 nitrogen and oxygen atoms in total. The molecule has 0 aromatic heterocycles. The molecule has 1 N–H and O–H groups in total. The van der Waals surface area contributed by atoms with E-state index in [0.29, 0.717) is 5.56 Å². The first-order valence-electron chi connectivity index (χ1n) is 5.90. The van der Waals surface area contributed by atoms with E-state index >= 15 is 0 Å². The Balaban J connectivity index is 2.23. The van der Waals surface area contributed by atoms with Crippen LogP contribution in [0.1, 0.15) is 15.9 Å². The van der Waals surface area contributed by atoms with Gasteiger partial charge in [-0.25, -0.2) is 4.39 Å². The molecule has 21 heavy (non-hydrogen) atoms. The van der Waals surface area contributed by atoms with Crippen molar-refractivity contribution in [3.05, 3.63) is 68.5 Å². The Hall–Kier alpha value is -2.47. The van der Waals surface area contributed by atoms with Crippen molar-refractivity contribution < 1.29 is 14.1 Å². The van der Waals surface area contributed by atoms with Crippen molar-refractivity contribution in [1.29, 1.82) is 0 Å². The number of amides is 1. The largest absolute Gasteiger partial charge is 0.321 e. The molecule has 0 spiro atoms. The second-order valence-electron chi connectivity index (χ2n) is 4.34. The average molecular weight is 309 g/mol. The number of aryl methyl sites for hydroxylation is 1. The average Bonchev–Trinajstić information content (AvgIpc) is 2.43. The molecule has 0 aliphatic heterocycles. The summed E-state index contributed by atoms with van der Waals surface area (Å²) in [7, 11) is 0. The van der Waals surface area contributed by atoms with Gasteiger partial charge < -0.3 is 5.32 Å². The number of nitro benzene ring substituents is 1. The van der Waals surface area contributed by atoms with Crippen molar-refractivity contribution in [3.8, 4) is 0 Å². The molecule has 7 heteroatoms. The highest BCUT2D eigenvalue weighted by molar-refractivity contribution is 6.34. The first-order chi connectivity index (χ1) is 9.88. The molecule has 1 amide bonds. The van der Waals surface area contributed by atoms with Gasteiger partial charge in [0, 0.05) is 17.7 Å². The number of nitrogens with zero attached hydrogens (tertiary/aromatic N) is 1. The van der Waals surface area contributed by atoms with E-state index < -0.39 is 16.6 Å². The maximum atomic E-state index is 13.2. The topological polar surface area (TPSA) is 72.2 Å². The van der Waals surface area contributed by atoms with Crippen LogP contribution in [-0.4, -0.2) is 10.8 Å². The summed E-state index contributed by atoms with van der Waals surface area (Å²) in [4.78, 5) is 22.0. The molecule has 2 aromatic rings. The summed E-state index contributed by atoms with van der Waals surface area (Å²) >= 11 is 5.88. The van der Waals surface area contributed by atoms with Gasteiger partial charge in [-0.05, 0) is 36.8 Å². The van der Waals surface area contributed by atoms with E-state index in [0.717, 1.165) is 6.07 Å². The Morgan fingerprint density at radius 3 is 2.57 bits per heavy atom. The van der Waals surface area contributed by atoms with Gasteiger partial charge in [-0.15, -0.1) is 0 Å². The Kier molecular flexibility index (Phi) is 4.18. The van der Waals surface area contributed by atoms with Crippen LogP contribution in [0, 0.1) is 22.9 Å². The van der Waals surface area contributed by atoms with Gasteiger partial charge in [0.25, 0.3) is 11.6 Å². The second kappa shape index (κ2) is 5.88. The van der Waals surface area contributed by atoms with Gasteiger partial charge in [0.1, 0.15) is 5.82 Å². The number of nitrogens with one attached hydrogen (secondary N) is 1. The molecular formula is C14H10ClFN2O3. The van der Waals surface area contributed by atoms with Crippen molar-refractivity contribution in [1.82, 2.24) is 0 Å². The summed E-state index contributed by atoms with van der Waals surface area (Å²) in [5.41, 5.74) is 0.686. The third kappa shape index (κ3) is 3.35. The number of carbonyl (C=O) groups excluding carboxylic acids is 1. The van der Waals surface area contributed by atoms with Crippen LogP contribution in [0.15, 0.2) is 36.4 Å². The van der Waals surface area contributed by atoms with Crippen LogP contribution in [-0.2, 0) is 0 Å². The second-order valence-corrected chi connectivity index (χ2v) is 4.75. The Labute approximate surface area is 124 Å². The maximum absolute atomic E-state index is 13.2. The third-order valence-corrected chi connectivity index (χ3v) is 3.14. The minimum absolute atomic E-state index is 0.0522. The van der Waals surface area contributed by atoms with E-state index in [2.05, 4.69) is 5.32 Å². The summed E-state index contributed by atoms with van der Waals surface area (Å²) in [6.45, 7) is 1.55. The lowest BCUT2D eigenvalue weighted by molar-refractivity contribution is -0.384. The zero-order valence-corrected chi connectivity index (χ0v) is 11.6. The fourth-order valence-electron chi connectivity index (χ4n) is 1.70. The van der Waals surface area contributed by atoms with Crippen molar-refractivity contribution in [2.75, 3.05) is 5.32 Å². The molecule has 0 aliphatic carbocycles. The molecule has 0 fully saturated rings. The Morgan fingerprint density at radius 2 is 2.00 bits per heavy atom. The number of rotatable bonds is 3. The number of non-ortho nitro benzene ring substituents is 1. The van der Waals surface area contributed by atoms with E-state index in [-0.39, 0.29) is 22.0 Å². The fraction of sp³-hybridized carbons (Fsp3) is 0.0714. The van der Waals surface area contributed by atoms with E-state index in [1.165, 1.54) is 30.3 Å². The minimum Gasteiger partial charge on any atom is -0.321 e. The molecular weight excluding hydrogens is 299 g/mol. The molecule has 2 rings (SSSR count). The molecule has 2 aromatic carbocycles.